The summed E-state index contributed by atoms with van der Waals surface area (Å²) in [6.45, 7) is 3.88. The van der Waals surface area contributed by atoms with Gasteiger partial charge in [-0.05, 0) is 49.6 Å². The van der Waals surface area contributed by atoms with Gasteiger partial charge in [-0.25, -0.2) is 4.79 Å². The monoisotopic (exact) mass is 471 g/mol. The van der Waals surface area contributed by atoms with Gasteiger partial charge in [0, 0.05) is 43.3 Å². The van der Waals surface area contributed by atoms with Gasteiger partial charge in [-0.1, -0.05) is 41.9 Å². The first-order valence-electron chi connectivity index (χ1n) is 11.3. The standard InChI is InChI=1S/C25H30ClN3O4/c1-2-33-24(31)20-12-15-28(16-13-20)23(30)14-17-29(18-19-6-4-3-5-7-19)25(32)27-22-10-8-21(26)9-11-22/h3-11,20H,2,12-18H2,1H3,(H,27,32). The number of esters is 1. The number of carbonyl (C=O) groups is 3. The normalized spacial score (nSPS) is 13.9. The minimum Gasteiger partial charge on any atom is -0.466 e. The molecule has 1 heterocycles. The lowest BCUT2D eigenvalue weighted by atomic mass is 9.97. The van der Waals surface area contributed by atoms with E-state index in [1.807, 2.05) is 30.3 Å². The quantitative estimate of drug-likeness (QED) is 0.572. The number of urea groups is 1. The molecule has 0 atom stereocenters. The molecule has 0 spiro atoms. The Kier molecular flexibility index (Phi) is 9.13. The molecule has 176 valence electrons. The summed E-state index contributed by atoms with van der Waals surface area (Å²) in [4.78, 5) is 41.1. The largest absolute Gasteiger partial charge is 0.466 e. The molecule has 0 radical (unpaired) electrons. The smallest absolute Gasteiger partial charge is 0.322 e. The zero-order valence-electron chi connectivity index (χ0n) is 18.8. The highest BCUT2D eigenvalue weighted by atomic mass is 35.5. The molecule has 1 saturated heterocycles. The van der Waals surface area contributed by atoms with E-state index in [0.717, 1.165) is 5.56 Å². The van der Waals surface area contributed by atoms with Crippen molar-refractivity contribution in [3.63, 3.8) is 0 Å². The number of piperidine rings is 1. The van der Waals surface area contributed by atoms with Crippen LogP contribution >= 0.6 is 11.6 Å². The number of nitrogens with one attached hydrogen (secondary N) is 1. The Morgan fingerprint density at radius 2 is 1.73 bits per heavy atom. The van der Waals surface area contributed by atoms with Crippen molar-refractivity contribution in [2.24, 2.45) is 5.92 Å². The third kappa shape index (κ3) is 7.49. The SMILES string of the molecule is CCOC(=O)C1CCN(C(=O)CCN(Cc2ccccc2)C(=O)Nc2ccc(Cl)cc2)CC1. The fourth-order valence-corrected chi connectivity index (χ4v) is 3.93. The van der Waals surface area contributed by atoms with E-state index >= 15 is 0 Å². The zero-order chi connectivity index (χ0) is 23.6. The van der Waals surface area contributed by atoms with Gasteiger partial charge in [0.25, 0.3) is 0 Å². The second-order valence-corrected chi connectivity index (χ2v) is 8.44. The Morgan fingerprint density at radius 3 is 2.36 bits per heavy atom. The Bertz CT molecular complexity index is 928. The van der Waals surface area contributed by atoms with Crippen molar-refractivity contribution in [1.82, 2.24) is 9.80 Å². The molecule has 0 aliphatic carbocycles. The number of amides is 3. The number of anilines is 1. The van der Waals surface area contributed by atoms with Crippen LogP contribution in [0.15, 0.2) is 54.6 Å². The summed E-state index contributed by atoms with van der Waals surface area (Å²) in [6, 6.07) is 16.3. The molecule has 3 rings (SSSR count). The van der Waals surface area contributed by atoms with Gasteiger partial charge >= 0.3 is 12.0 Å². The van der Waals surface area contributed by atoms with E-state index in [2.05, 4.69) is 5.32 Å². The van der Waals surface area contributed by atoms with Crippen LogP contribution in [0.5, 0.6) is 0 Å². The minimum atomic E-state index is -0.282. The summed E-state index contributed by atoms with van der Waals surface area (Å²) in [7, 11) is 0. The molecule has 0 unspecified atom stereocenters. The van der Waals surface area contributed by atoms with E-state index in [0.29, 0.717) is 49.8 Å². The van der Waals surface area contributed by atoms with Crippen LogP contribution in [0.25, 0.3) is 0 Å². The predicted molar refractivity (Wildman–Crippen MR) is 128 cm³/mol. The Morgan fingerprint density at radius 1 is 1.06 bits per heavy atom. The van der Waals surface area contributed by atoms with Gasteiger partial charge in [-0.2, -0.15) is 0 Å². The van der Waals surface area contributed by atoms with Gasteiger partial charge in [-0.15, -0.1) is 0 Å². The Labute approximate surface area is 199 Å². The van der Waals surface area contributed by atoms with Gasteiger partial charge in [0.1, 0.15) is 0 Å². The van der Waals surface area contributed by atoms with Crippen LogP contribution in [0.2, 0.25) is 5.02 Å². The molecular formula is C25H30ClN3O4. The van der Waals surface area contributed by atoms with Crippen molar-refractivity contribution in [3.8, 4) is 0 Å². The average molecular weight is 472 g/mol. The lowest BCUT2D eigenvalue weighted by molar-refractivity contribution is -0.151. The van der Waals surface area contributed by atoms with E-state index in [-0.39, 0.29) is 36.8 Å². The number of nitrogens with zero attached hydrogens (tertiary/aromatic N) is 2. The predicted octanol–water partition coefficient (Wildman–Crippen LogP) is 4.57. The molecule has 2 aromatic carbocycles. The Hall–Kier alpha value is -3.06. The first-order valence-corrected chi connectivity index (χ1v) is 11.6. The second kappa shape index (κ2) is 12.3. The first kappa shape index (κ1) is 24.6. The maximum absolute atomic E-state index is 13.0. The maximum atomic E-state index is 13.0. The summed E-state index contributed by atoms with van der Waals surface area (Å²) >= 11 is 5.93. The number of benzene rings is 2. The van der Waals surface area contributed by atoms with Gasteiger partial charge in [0.2, 0.25) is 5.91 Å². The molecule has 1 aliphatic rings. The highest BCUT2D eigenvalue weighted by molar-refractivity contribution is 6.30. The van der Waals surface area contributed by atoms with Crippen LogP contribution in [0.3, 0.4) is 0 Å². The molecule has 33 heavy (non-hydrogen) atoms. The molecule has 1 N–H and O–H groups in total. The van der Waals surface area contributed by atoms with Crippen LogP contribution in [0, 0.1) is 5.92 Å². The molecular weight excluding hydrogens is 442 g/mol. The summed E-state index contributed by atoms with van der Waals surface area (Å²) in [5.41, 5.74) is 1.61. The third-order valence-corrected chi connectivity index (χ3v) is 5.91. The number of halogens is 1. The van der Waals surface area contributed by atoms with E-state index in [9.17, 15) is 14.4 Å². The lowest BCUT2D eigenvalue weighted by Gasteiger charge is -2.31. The molecule has 0 bridgehead atoms. The number of hydrogen-bond donors (Lipinski definition) is 1. The third-order valence-electron chi connectivity index (χ3n) is 5.66. The van der Waals surface area contributed by atoms with E-state index in [1.165, 1.54) is 0 Å². The van der Waals surface area contributed by atoms with Crippen LogP contribution in [0.4, 0.5) is 10.5 Å². The molecule has 3 amide bonds. The van der Waals surface area contributed by atoms with Gasteiger partial charge < -0.3 is 19.9 Å². The van der Waals surface area contributed by atoms with Crippen molar-refractivity contribution in [2.75, 3.05) is 31.6 Å². The number of hydrogen-bond acceptors (Lipinski definition) is 4. The van der Waals surface area contributed by atoms with Gasteiger partial charge in [0.05, 0.1) is 12.5 Å². The fourth-order valence-electron chi connectivity index (χ4n) is 3.81. The summed E-state index contributed by atoms with van der Waals surface area (Å²) in [6.07, 6.45) is 1.43. The maximum Gasteiger partial charge on any atom is 0.322 e. The highest BCUT2D eigenvalue weighted by Gasteiger charge is 2.28. The molecule has 7 nitrogen and oxygen atoms in total. The van der Waals surface area contributed by atoms with Gasteiger partial charge in [0.15, 0.2) is 0 Å². The van der Waals surface area contributed by atoms with Crippen LogP contribution in [-0.2, 0) is 20.9 Å². The topological polar surface area (TPSA) is 79.0 Å². The number of ether oxygens (including phenoxy) is 1. The van der Waals surface area contributed by atoms with Crippen molar-refractivity contribution >= 4 is 35.2 Å². The second-order valence-electron chi connectivity index (χ2n) is 8.00. The van der Waals surface area contributed by atoms with E-state index in [1.54, 1.807) is 41.0 Å². The van der Waals surface area contributed by atoms with Crippen LogP contribution in [0.1, 0.15) is 31.7 Å². The van der Waals surface area contributed by atoms with Crippen LogP contribution in [-0.4, -0.2) is 53.9 Å². The summed E-state index contributed by atoms with van der Waals surface area (Å²) in [5, 5.41) is 3.46. The number of carbonyl (C=O) groups excluding carboxylic acids is 3. The molecule has 0 saturated carbocycles. The highest BCUT2D eigenvalue weighted by Crippen LogP contribution is 2.20. The molecule has 8 heteroatoms. The first-order chi connectivity index (χ1) is 16.0. The van der Waals surface area contributed by atoms with Crippen molar-refractivity contribution in [1.29, 1.82) is 0 Å². The van der Waals surface area contributed by atoms with E-state index in [4.69, 9.17) is 16.3 Å². The molecule has 2 aromatic rings. The van der Waals surface area contributed by atoms with E-state index < -0.39 is 0 Å². The zero-order valence-corrected chi connectivity index (χ0v) is 19.6. The van der Waals surface area contributed by atoms with Crippen molar-refractivity contribution in [3.05, 3.63) is 65.2 Å². The van der Waals surface area contributed by atoms with Crippen LogP contribution < -0.4 is 5.32 Å². The number of likely N-dealkylation sites (tertiary alicyclic amines) is 1. The summed E-state index contributed by atoms with van der Waals surface area (Å²) < 4.78 is 5.09. The molecule has 0 aromatic heterocycles. The summed E-state index contributed by atoms with van der Waals surface area (Å²) in [5.74, 6) is -0.346. The lowest BCUT2D eigenvalue weighted by Crippen LogP contribution is -2.43. The van der Waals surface area contributed by atoms with Crippen molar-refractivity contribution < 1.29 is 19.1 Å². The average Bonchev–Trinajstić information content (AvgIpc) is 2.83. The number of rotatable bonds is 8. The Balaban J connectivity index is 1.57. The molecule has 1 aliphatic heterocycles. The fraction of sp³-hybridized carbons (Fsp3) is 0.400. The van der Waals surface area contributed by atoms with Crippen molar-refractivity contribution in [2.45, 2.75) is 32.7 Å². The minimum absolute atomic E-state index is 0.0188. The van der Waals surface area contributed by atoms with Gasteiger partial charge in [-0.3, -0.25) is 9.59 Å². The molecule has 1 fully saturated rings.